The van der Waals surface area contributed by atoms with Crippen LogP contribution in [0.15, 0.2) is 29.2 Å². The number of nitrogens with zero attached hydrogens (tertiary/aromatic N) is 2. The van der Waals surface area contributed by atoms with Gasteiger partial charge in [-0.05, 0) is 56.9 Å². The van der Waals surface area contributed by atoms with Crippen molar-refractivity contribution in [2.75, 3.05) is 21.2 Å². The molecule has 1 aromatic carbocycles. The van der Waals surface area contributed by atoms with E-state index in [-0.39, 0.29) is 28.6 Å². The monoisotopic (exact) mass is 380 g/mol. The van der Waals surface area contributed by atoms with E-state index in [0.717, 1.165) is 23.6 Å². The predicted molar refractivity (Wildman–Crippen MR) is 103 cm³/mol. The molecule has 1 amide bonds. The summed E-state index contributed by atoms with van der Waals surface area (Å²) in [7, 11) is 0.737. The van der Waals surface area contributed by atoms with Gasteiger partial charge in [0.05, 0.1) is 7.11 Å². The van der Waals surface area contributed by atoms with Crippen LogP contribution in [0, 0.1) is 0 Å². The Morgan fingerprint density at radius 2 is 1.85 bits per heavy atom. The molecule has 0 aliphatic carbocycles. The van der Waals surface area contributed by atoms with Crippen molar-refractivity contribution in [2.45, 2.75) is 50.1 Å². The fourth-order valence-electron chi connectivity index (χ4n) is 3.30. The second kappa shape index (κ2) is 8.22. The maximum atomic E-state index is 12.6. The van der Waals surface area contributed by atoms with Gasteiger partial charge >= 0.3 is 0 Å². The molecule has 0 spiro atoms. The van der Waals surface area contributed by atoms with E-state index in [1.807, 2.05) is 4.90 Å². The maximum Gasteiger partial charge on any atom is 0.247 e. The molecule has 0 N–H and O–H groups in total. The number of sulfonamides is 1. The molecule has 0 aromatic heterocycles. The molecule has 1 heterocycles. The molecule has 144 valence electrons. The maximum absolute atomic E-state index is 12.6. The van der Waals surface area contributed by atoms with Crippen molar-refractivity contribution in [3.63, 3.8) is 0 Å². The molecule has 1 aliphatic heterocycles. The van der Waals surface area contributed by atoms with Gasteiger partial charge in [-0.3, -0.25) is 4.79 Å². The molecule has 2 rings (SSSR count). The van der Waals surface area contributed by atoms with E-state index in [4.69, 9.17) is 4.74 Å². The lowest BCUT2D eigenvalue weighted by Gasteiger charge is -2.38. The lowest BCUT2D eigenvalue weighted by Crippen LogP contribution is -2.46. The van der Waals surface area contributed by atoms with Gasteiger partial charge in [0.15, 0.2) is 0 Å². The topological polar surface area (TPSA) is 66.9 Å². The summed E-state index contributed by atoms with van der Waals surface area (Å²) in [6.07, 6.45) is 6.34. The van der Waals surface area contributed by atoms with Crippen LogP contribution in [0.3, 0.4) is 0 Å². The third-order valence-electron chi connectivity index (χ3n) is 4.81. The summed E-state index contributed by atoms with van der Waals surface area (Å²) in [5.41, 5.74) is 0.636. The zero-order chi connectivity index (χ0) is 19.5. The summed E-state index contributed by atoms with van der Waals surface area (Å²) in [4.78, 5) is 14.6. The van der Waals surface area contributed by atoms with Crippen LogP contribution in [0.1, 0.15) is 38.7 Å². The minimum absolute atomic E-state index is 0.0439. The summed E-state index contributed by atoms with van der Waals surface area (Å²) in [6.45, 7) is 4.13. The first-order chi connectivity index (χ1) is 12.2. The molecule has 1 aliphatic rings. The zero-order valence-electron chi connectivity index (χ0n) is 16.1. The molecule has 7 heteroatoms. The second-order valence-corrected chi connectivity index (χ2v) is 9.03. The number of likely N-dealkylation sites (tertiary alicyclic amines) is 1. The Hall–Kier alpha value is -1.86. The van der Waals surface area contributed by atoms with E-state index in [9.17, 15) is 13.2 Å². The van der Waals surface area contributed by atoms with Crippen LogP contribution < -0.4 is 4.74 Å². The van der Waals surface area contributed by atoms with Gasteiger partial charge < -0.3 is 9.64 Å². The predicted octanol–water partition coefficient (Wildman–Crippen LogP) is 2.75. The second-order valence-electron chi connectivity index (χ2n) is 6.91. The molecule has 2 atom stereocenters. The average Bonchev–Trinajstić information content (AvgIpc) is 2.59. The highest BCUT2D eigenvalue weighted by Gasteiger charge is 2.27. The van der Waals surface area contributed by atoms with Crippen LogP contribution in [0.2, 0.25) is 0 Å². The summed E-state index contributed by atoms with van der Waals surface area (Å²) in [6, 6.07) is 5.31. The Labute approximate surface area is 156 Å². The smallest absolute Gasteiger partial charge is 0.247 e. The Kier molecular flexibility index (Phi) is 6.47. The van der Waals surface area contributed by atoms with E-state index in [1.54, 1.807) is 18.2 Å². The lowest BCUT2D eigenvalue weighted by molar-refractivity contribution is -0.131. The first-order valence-electron chi connectivity index (χ1n) is 8.79. The standard InChI is InChI=1S/C19H28N2O4S/c1-14-7-6-8-15(2)21(14)19(22)12-10-16-9-11-17(25-5)18(13-16)26(23,24)20(3)4/h9-15H,6-8H2,1-5H3/b12-10+. The van der Waals surface area contributed by atoms with Crippen molar-refractivity contribution >= 4 is 22.0 Å². The van der Waals surface area contributed by atoms with Crippen molar-refractivity contribution in [1.29, 1.82) is 0 Å². The van der Waals surface area contributed by atoms with Gasteiger partial charge in [-0.25, -0.2) is 12.7 Å². The molecule has 0 radical (unpaired) electrons. The first kappa shape index (κ1) is 20.5. The van der Waals surface area contributed by atoms with Crippen LogP contribution in [0.5, 0.6) is 5.75 Å². The summed E-state index contributed by atoms with van der Waals surface area (Å²) < 4.78 is 31.3. The third kappa shape index (κ3) is 4.27. The number of carbonyl (C=O) groups excluding carboxylic acids is 1. The number of ether oxygens (including phenoxy) is 1. The number of methoxy groups -OCH3 is 1. The highest BCUT2D eigenvalue weighted by Crippen LogP contribution is 2.28. The number of carbonyl (C=O) groups is 1. The number of hydrogen-bond acceptors (Lipinski definition) is 4. The van der Waals surface area contributed by atoms with E-state index < -0.39 is 10.0 Å². The molecule has 2 unspecified atom stereocenters. The molecule has 0 saturated carbocycles. The van der Waals surface area contributed by atoms with E-state index >= 15 is 0 Å². The van der Waals surface area contributed by atoms with Crippen LogP contribution in [0.25, 0.3) is 6.08 Å². The van der Waals surface area contributed by atoms with Gasteiger partial charge in [-0.2, -0.15) is 0 Å². The largest absolute Gasteiger partial charge is 0.495 e. The number of rotatable bonds is 5. The van der Waals surface area contributed by atoms with Crippen LogP contribution in [-0.2, 0) is 14.8 Å². The third-order valence-corrected chi connectivity index (χ3v) is 6.65. The number of hydrogen-bond donors (Lipinski definition) is 0. The molecule has 1 fully saturated rings. The van der Waals surface area contributed by atoms with Crippen molar-refractivity contribution < 1.29 is 17.9 Å². The summed E-state index contributed by atoms with van der Waals surface area (Å²) >= 11 is 0. The lowest BCUT2D eigenvalue weighted by atomic mass is 9.97. The minimum Gasteiger partial charge on any atom is -0.495 e. The van der Waals surface area contributed by atoms with Crippen molar-refractivity contribution in [3.05, 3.63) is 29.8 Å². The van der Waals surface area contributed by atoms with Crippen LogP contribution >= 0.6 is 0 Å². The minimum atomic E-state index is -3.64. The fourth-order valence-corrected chi connectivity index (χ4v) is 4.39. The highest BCUT2D eigenvalue weighted by molar-refractivity contribution is 7.89. The quantitative estimate of drug-likeness (QED) is 0.737. The van der Waals surface area contributed by atoms with Gasteiger partial charge in [0.2, 0.25) is 15.9 Å². The number of benzene rings is 1. The molecule has 1 aromatic rings. The van der Waals surface area contributed by atoms with Gasteiger partial charge in [0, 0.05) is 32.3 Å². The molecule has 6 nitrogen and oxygen atoms in total. The average molecular weight is 381 g/mol. The van der Waals surface area contributed by atoms with E-state index in [2.05, 4.69) is 13.8 Å². The Morgan fingerprint density at radius 3 is 2.38 bits per heavy atom. The molecule has 26 heavy (non-hydrogen) atoms. The fraction of sp³-hybridized carbons (Fsp3) is 0.526. The van der Waals surface area contributed by atoms with Crippen LogP contribution in [0.4, 0.5) is 0 Å². The van der Waals surface area contributed by atoms with E-state index in [1.165, 1.54) is 33.3 Å². The summed E-state index contributed by atoms with van der Waals surface area (Å²) in [5.74, 6) is 0.234. The Bertz CT molecular complexity index is 777. The van der Waals surface area contributed by atoms with Gasteiger partial charge in [0.1, 0.15) is 10.6 Å². The SMILES string of the molecule is COc1ccc(/C=C/C(=O)N2C(C)CCCC2C)cc1S(=O)(=O)N(C)C. The number of piperidine rings is 1. The normalized spacial score (nSPS) is 21.4. The molecule has 1 saturated heterocycles. The van der Waals surface area contributed by atoms with Crippen molar-refractivity contribution in [2.24, 2.45) is 0 Å². The van der Waals surface area contributed by atoms with Crippen molar-refractivity contribution in [1.82, 2.24) is 9.21 Å². The molecular formula is C19H28N2O4S. The molecular weight excluding hydrogens is 352 g/mol. The van der Waals surface area contributed by atoms with Crippen LogP contribution in [-0.4, -0.2) is 56.8 Å². The molecule has 0 bridgehead atoms. The zero-order valence-corrected chi connectivity index (χ0v) is 16.9. The van der Waals surface area contributed by atoms with Crippen molar-refractivity contribution in [3.8, 4) is 5.75 Å². The Morgan fingerprint density at radius 1 is 1.23 bits per heavy atom. The van der Waals surface area contributed by atoms with Gasteiger partial charge in [-0.15, -0.1) is 0 Å². The number of amides is 1. The first-order valence-corrected chi connectivity index (χ1v) is 10.2. The summed E-state index contributed by atoms with van der Waals surface area (Å²) in [5, 5.41) is 0. The Balaban J connectivity index is 2.29. The van der Waals surface area contributed by atoms with Gasteiger partial charge in [0.25, 0.3) is 0 Å². The van der Waals surface area contributed by atoms with Gasteiger partial charge in [-0.1, -0.05) is 6.07 Å². The highest BCUT2D eigenvalue weighted by atomic mass is 32.2. The van der Waals surface area contributed by atoms with E-state index in [0.29, 0.717) is 5.56 Å².